The van der Waals surface area contributed by atoms with Gasteiger partial charge in [0.05, 0.1) is 17.7 Å². The Bertz CT molecular complexity index is 945. The fourth-order valence-corrected chi connectivity index (χ4v) is 4.04. The molecule has 2 atom stereocenters. The lowest BCUT2D eigenvalue weighted by atomic mass is 9.93. The zero-order valence-electron chi connectivity index (χ0n) is 16.9. The van der Waals surface area contributed by atoms with Crippen molar-refractivity contribution in [1.82, 2.24) is 9.88 Å². The number of likely N-dealkylation sites (tertiary alicyclic amines) is 1. The molecule has 154 valence electrons. The first kappa shape index (κ1) is 20.1. The Labute approximate surface area is 177 Å². The second-order valence-electron chi connectivity index (χ2n) is 7.67. The Balaban J connectivity index is 1.54. The first-order valence-corrected chi connectivity index (χ1v) is 10.3. The monoisotopic (exact) mass is 402 g/mol. The number of nitrogens with zero attached hydrogens (tertiary/aromatic N) is 2. The average molecular weight is 402 g/mol. The SMILES string of the molecule is O=C(O)C1CCCN(C(c2ccc(OCc3ccccc3)cc2)c2ccccn2)C1. The second-order valence-corrected chi connectivity index (χ2v) is 7.67. The van der Waals surface area contributed by atoms with Gasteiger partial charge in [-0.25, -0.2) is 0 Å². The molecule has 1 fully saturated rings. The molecule has 5 heteroatoms. The first-order valence-electron chi connectivity index (χ1n) is 10.3. The standard InChI is InChI=1S/C25H26N2O3/c28-25(29)21-9-6-16-27(17-21)24(23-10-4-5-15-26-23)20-11-13-22(14-12-20)30-18-19-7-2-1-3-8-19/h1-5,7-8,10-15,21,24H,6,9,16-18H2,(H,28,29). The lowest BCUT2D eigenvalue weighted by molar-refractivity contribution is -0.143. The Morgan fingerprint density at radius 3 is 2.53 bits per heavy atom. The molecule has 0 aliphatic carbocycles. The van der Waals surface area contributed by atoms with Crippen molar-refractivity contribution in [3.05, 3.63) is 95.8 Å². The van der Waals surface area contributed by atoms with Crippen molar-refractivity contribution in [2.45, 2.75) is 25.5 Å². The van der Waals surface area contributed by atoms with E-state index in [0.29, 0.717) is 13.2 Å². The summed E-state index contributed by atoms with van der Waals surface area (Å²) in [5, 5.41) is 9.51. The lowest BCUT2D eigenvalue weighted by Gasteiger charge is -2.37. The van der Waals surface area contributed by atoms with Gasteiger partial charge >= 0.3 is 5.97 Å². The molecule has 0 radical (unpaired) electrons. The highest BCUT2D eigenvalue weighted by molar-refractivity contribution is 5.70. The highest BCUT2D eigenvalue weighted by atomic mass is 16.5. The van der Waals surface area contributed by atoms with Crippen molar-refractivity contribution < 1.29 is 14.6 Å². The minimum absolute atomic E-state index is 0.0727. The van der Waals surface area contributed by atoms with Crippen molar-refractivity contribution in [3.8, 4) is 5.75 Å². The van der Waals surface area contributed by atoms with E-state index in [-0.39, 0.29) is 12.0 Å². The topological polar surface area (TPSA) is 62.7 Å². The van der Waals surface area contributed by atoms with Gasteiger partial charge in [0.2, 0.25) is 0 Å². The van der Waals surface area contributed by atoms with E-state index in [2.05, 4.69) is 22.0 Å². The minimum Gasteiger partial charge on any atom is -0.489 e. The van der Waals surface area contributed by atoms with Crippen molar-refractivity contribution in [2.75, 3.05) is 13.1 Å². The van der Waals surface area contributed by atoms with Gasteiger partial charge < -0.3 is 9.84 Å². The molecule has 1 saturated heterocycles. The molecule has 30 heavy (non-hydrogen) atoms. The molecule has 0 spiro atoms. The number of carboxylic acids is 1. The molecule has 1 aromatic heterocycles. The van der Waals surface area contributed by atoms with E-state index < -0.39 is 5.97 Å². The van der Waals surface area contributed by atoms with Crippen molar-refractivity contribution in [1.29, 1.82) is 0 Å². The number of aromatic nitrogens is 1. The van der Waals surface area contributed by atoms with Crippen LogP contribution in [0.2, 0.25) is 0 Å². The normalized spacial score (nSPS) is 17.9. The highest BCUT2D eigenvalue weighted by Gasteiger charge is 2.31. The molecule has 3 aromatic rings. The third kappa shape index (κ3) is 4.86. The van der Waals surface area contributed by atoms with Crippen LogP contribution in [0.1, 0.15) is 35.7 Å². The molecule has 0 amide bonds. The molecular formula is C25H26N2O3. The first-order chi connectivity index (χ1) is 14.7. The number of hydrogen-bond donors (Lipinski definition) is 1. The van der Waals surface area contributed by atoms with Gasteiger partial charge in [0, 0.05) is 12.7 Å². The molecule has 2 unspecified atom stereocenters. The van der Waals surface area contributed by atoms with Gasteiger partial charge in [0.1, 0.15) is 12.4 Å². The number of hydrogen-bond acceptors (Lipinski definition) is 4. The highest BCUT2D eigenvalue weighted by Crippen LogP contribution is 2.32. The maximum Gasteiger partial charge on any atom is 0.307 e. The summed E-state index contributed by atoms with van der Waals surface area (Å²) in [5.41, 5.74) is 3.15. The molecule has 1 aliphatic rings. The molecular weight excluding hydrogens is 376 g/mol. The van der Waals surface area contributed by atoms with Crippen LogP contribution in [-0.4, -0.2) is 34.0 Å². The van der Waals surface area contributed by atoms with Crippen LogP contribution in [0, 0.1) is 5.92 Å². The summed E-state index contributed by atoms with van der Waals surface area (Å²) in [6.45, 7) is 1.91. The van der Waals surface area contributed by atoms with Crippen molar-refractivity contribution in [2.24, 2.45) is 5.92 Å². The van der Waals surface area contributed by atoms with Gasteiger partial charge in [-0.1, -0.05) is 48.5 Å². The lowest BCUT2D eigenvalue weighted by Crippen LogP contribution is -2.41. The van der Waals surface area contributed by atoms with Crippen LogP contribution in [-0.2, 0) is 11.4 Å². The summed E-state index contributed by atoms with van der Waals surface area (Å²) in [5.74, 6) is -0.244. The Morgan fingerprint density at radius 2 is 1.83 bits per heavy atom. The third-order valence-electron chi connectivity index (χ3n) is 5.58. The molecule has 1 aliphatic heterocycles. The number of aliphatic carboxylic acids is 1. The average Bonchev–Trinajstić information content (AvgIpc) is 2.80. The summed E-state index contributed by atoms with van der Waals surface area (Å²) in [6.07, 6.45) is 3.39. The Morgan fingerprint density at radius 1 is 1.07 bits per heavy atom. The molecule has 5 nitrogen and oxygen atoms in total. The van der Waals surface area contributed by atoms with Crippen LogP contribution in [0.4, 0.5) is 0 Å². The van der Waals surface area contributed by atoms with Crippen LogP contribution in [0.15, 0.2) is 79.0 Å². The van der Waals surface area contributed by atoms with Crippen LogP contribution < -0.4 is 4.74 Å². The van der Waals surface area contributed by atoms with E-state index in [9.17, 15) is 9.90 Å². The number of piperidine rings is 1. The zero-order chi connectivity index (χ0) is 20.8. The van der Waals surface area contributed by atoms with Gasteiger partial charge in [-0.3, -0.25) is 14.7 Å². The number of rotatable bonds is 7. The summed E-state index contributed by atoms with van der Waals surface area (Å²) in [7, 11) is 0. The van der Waals surface area contributed by atoms with Crippen molar-refractivity contribution >= 4 is 5.97 Å². The molecule has 2 heterocycles. The molecule has 0 saturated carbocycles. The molecule has 1 N–H and O–H groups in total. The maximum absolute atomic E-state index is 11.6. The predicted molar refractivity (Wildman–Crippen MR) is 115 cm³/mol. The van der Waals surface area contributed by atoms with Crippen molar-refractivity contribution in [3.63, 3.8) is 0 Å². The predicted octanol–water partition coefficient (Wildman–Crippen LogP) is 4.55. The number of carbonyl (C=O) groups is 1. The number of pyridine rings is 1. The van der Waals surface area contributed by atoms with Gasteiger partial charge in [-0.15, -0.1) is 0 Å². The molecule has 4 rings (SSSR count). The molecule has 2 aromatic carbocycles. The minimum atomic E-state index is -0.718. The zero-order valence-corrected chi connectivity index (χ0v) is 16.9. The summed E-state index contributed by atoms with van der Waals surface area (Å²) < 4.78 is 5.92. The van der Waals surface area contributed by atoms with Crippen LogP contribution in [0.25, 0.3) is 0 Å². The van der Waals surface area contributed by atoms with Gasteiger partial charge in [-0.05, 0) is 54.8 Å². The van der Waals surface area contributed by atoms with E-state index in [0.717, 1.165) is 42.0 Å². The second kappa shape index (κ2) is 9.55. The van der Waals surface area contributed by atoms with Gasteiger partial charge in [-0.2, -0.15) is 0 Å². The fraction of sp³-hybridized carbons (Fsp3) is 0.280. The summed E-state index contributed by atoms with van der Waals surface area (Å²) in [6, 6.07) is 24.0. The Hall–Kier alpha value is -3.18. The van der Waals surface area contributed by atoms with E-state index in [1.54, 1.807) is 6.20 Å². The van der Waals surface area contributed by atoms with E-state index >= 15 is 0 Å². The summed E-state index contributed by atoms with van der Waals surface area (Å²) >= 11 is 0. The number of carboxylic acid groups (broad SMARTS) is 1. The molecule has 0 bridgehead atoms. The third-order valence-corrected chi connectivity index (χ3v) is 5.58. The van der Waals surface area contributed by atoms with Crippen LogP contribution >= 0.6 is 0 Å². The van der Waals surface area contributed by atoms with E-state index in [1.165, 1.54) is 0 Å². The van der Waals surface area contributed by atoms with Gasteiger partial charge in [0.25, 0.3) is 0 Å². The van der Waals surface area contributed by atoms with E-state index in [1.807, 2.05) is 60.7 Å². The summed E-state index contributed by atoms with van der Waals surface area (Å²) in [4.78, 5) is 18.4. The Kier molecular flexibility index (Phi) is 6.40. The van der Waals surface area contributed by atoms with Crippen LogP contribution in [0.3, 0.4) is 0 Å². The van der Waals surface area contributed by atoms with Gasteiger partial charge in [0.15, 0.2) is 0 Å². The smallest absolute Gasteiger partial charge is 0.307 e. The largest absolute Gasteiger partial charge is 0.489 e. The number of benzene rings is 2. The number of ether oxygens (including phenoxy) is 1. The fourth-order valence-electron chi connectivity index (χ4n) is 4.04. The quantitative estimate of drug-likeness (QED) is 0.628. The van der Waals surface area contributed by atoms with E-state index in [4.69, 9.17) is 4.74 Å². The van der Waals surface area contributed by atoms with Crippen LogP contribution in [0.5, 0.6) is 5.75 Å². The maximum atomic E-state index is 11.6.